The number of hydrogen-bond acceptors (Lipinski definition) is 3. The molecule has 0 amide bonds. The summed E-state index contributed by atoms with van der Waals surface area (Å²) >= 11 is 3.23. The molecule has 0 aromatic heterocycles. The molecular formula is C11H13BrO3. The van der Waals surface area contributed by atoms with Crippen LogP contribution >= 0.6 is 15.9 Å². The number of halogens is 1. The van der Waals surface area contributed by atoms with Crippen LogP contribution in [0.3, 0.4) is 0 Å². The molecule has 0 aliphatic heterocycles. The van der Waals surface area contributed by atoms with E-state index >= 15 is 0 Å². The molecule has 0 saturated heterocycles. The molecule has 3 nitrogen and oxygen atoms in total. The monoisotopic (exact) mass is 272 g/mol. The summed E-state index contributed by atoms with van der Waals surface area (Å²) in [5.74, 6) is -0.355. The number of unbranched alkanes of at least 4 members (excludes halogenated alkanes) is 1. The fourth-order valence-electron chi connectivity index (χ4n) is 1.06. The molecule has 0 radical (unpaired) electrons. The third-order valence-corrected chi connectivity index (χ3v) is 2.59. The predicted molar refractivity (Wildman–Crippen MR) is 61.0 cm³/mol. The number of phenols is 1. The van der Waals surface area contributed by atoms with Crippen LogP contribution in [0, 0.1) is 0 Å². The maximum Gasteiger partial charge on any atom is 0.339 e. The summed E-state index contributed by atoms with van der Waals surface area (Å²) in [4.78, 5) is 11.5. The minimum absolute atomic E-state index is 0.0561. The highest BCUT2D eigenvalue weighted by atomic mass is 79.9. The number of phenolic OH excluding ortho intramolecular Hbond substituents is 1. The zero-order valence-electron chi connectivity index (χ0n) is 8.50. The lowest BCUT2D eigenvalue weighted by atomic mass is 10.2. The van der Waals surface area contributed by atoms with Gasteiger partial charge in [0, 0.05) is 4.47 Å². The van der Waals surface area contributed by atoms with Gasteiger partial charge in [0.1, 0.15) is 5.75 Å². The maximum atomic E-state index is 11.5. The number of carbonyl (C=O) groups is 1. The van der Waals surface area contributed by atoms with E-state index in [0.29, 0.717) is 16.6 Å². The molecule has 0 unspecified atom stereocenters. The van der Waals surface area contributed by atoms with E-state index < -0.39 is 5.97 Å². The van der Waals surface area contributed by atoms with Crippen LogP contribution in [0.4, 0.5) is 0 Å². The van der Waals surface area contributed by atoms with E-state index in [9.17, 15) is 9.90 Å². The Morgan fingerprint density at radius 3 is 2.93 bits per heavy atom. The number of aromatic hydroxyl groups is 1. The molecule has 0 heterocycles. The SMILES string of the molecule is CCCCOC(=O)c1cc(O)ccc1Br. The Bertz CT molecular complexity index is 350. The van der Waals surface area contributed by atoms with Gasteiger partial charge in [-0.1, -0.05) is 13.3 Å². The van der Waals surface area contributed by atoms with Gasteiger partial charge in [-0.15, -0.1) is 0 Å². The van der Waals surface area contributed by atoms with Crippen molar-refractivity contribution < 1.29 is 14.6 Å². The number of ether oxygens (including phenoxy) is 1. The maximum absolute atomic E-state index is 11.5. The summed E-state index contributed by atoms with van der Waals surface area (Å²) in [6.07, 6.45) is 1.83. The van der Waals surface area contributed by atoms with Gasteiger partial charge in [-0.3, -0.25) is 0 Å². The lowest BCUT2D eigenvalue weighted by molar-refractivity contribution is 0.0498. The van der Waals surface area contributed by atoms with Crippen molar-refractivity contribution in [3.63, 3.8) is 0 Å². The highest BCUT2D eigenvalue weighted by Crippen LogP contribution is 2.22. The summed E-state index contributed by atoms with van der Waals surface area (Å²) in [5.41, 5.74) is 0.353. The van der Waals surface area contributed by atoms with E-state index in [0.717, 1.165) is 12.8 Å². The first kappa shape index (κ1) is 12.0. The van der Waals surface area contributed by atoms with Gasteiger partial charge in [0.25, 0.3) is 0 Å². The standard InChI is InChI=1S/C11H13BrO3/c1-2-3-6-15-11(14)9-7-8(13)4-5-10(9)12/h4-5,7,13H,2-3,6H2,1H3. The Kier molecular flexibility index (Phi) is 4.62. The lowest BCUT2D eigenvalue weighted by Gasteiger charge is -2.05. The van der Waals surface area contributed by atoms with Gasteiger partial charge in [0.15, 0.2) is 0 Å². The smallest absolute Gasteiger partial charge is 0.339 e. The Balaban J connectivity index is 2.68. The molecule has 1 rings (SSSR count). The van der Waals surface area contributed by atoms with Gasteiger partial charge < -0.3 is 9.84 Å². The van der Waals surface area contributed by atoms with Crippen LogP contribution in [0.15, 0.2) is 22.7 Å². The Morgan fingerprint density at radius 2 is 2.27 bits per heavy atom. The van der Waals surface area contributed by atoms with E-state index in [1.165, 1.54) is 12.1 Å². The first-order valence-electron chi connectivity index (χ1n) is 4.80. The summed E-state index contributed by atoms with van der Waals surface area (Å²) in [6, 6.07) is 4.51. The molecule has 0 saturated carbocycles. The number of rotatable bonds is 4. The minimum atomic E-state index is -0.411. The lowest BCUT2D eigenvalue weighted by Crippen LogP contribution is -2.06. The van der Waals surface area contributed by atoms with Crippen LogP contribution in [0.2, 0.25) is 0 Å². The molecule has 1 aromatic rings. The van der Waals surface area contributed by atoms with Gasteiger partial charge in [-0.2, -0.15) is 0 Å². The van der Waals surface area contributed by atoms with Crippen LogP contribution in [-0.4, -0.2) is 17.7 Å². The highest BCUT2D eigenvalue weighted by molar-refractivity contribution is 9.10. The summed E-state index contributed by atoms with van der Waals surface area (Å²) in [5, 5.41) is 9.23. The van der Waals surface area contributed by atoms with Crippen molar-refractivity contribution in [3.05, 3.63) is 28.2 Å². The number of hydrogen-bond donors (Lipinski definition) is 1. The molecule has 0 spiro atoms. The van der Waals surface area contributed by atoms with Crippen molar-refractivity contribution >= 4 is 21.9 Å². The van der Waals surface area contributed by atoms with E-state index in [1.54, 1.807) is 6.07 Å². The zero-order valence-corrected chi connectivity index (χ0v) is 10.1. The molecule has 1 aromatic carbocycles. The fourth-order valence-corrected chi connectivity index (χ4v) is 1.47. The van der Waals surface area contributed by atoms with Crippen molar-refractivity contribution in [1.29, 1.82) is 0 Å². The Labute approximate surface area is 97.2 Å². The molecule has 1 N–H and O–H groups in total. The Morgan fingerprint density at radius 1 is 1.53 bits per heavy atom. The summed E-state index contributed by atoms with van der Waals surface area (Å²) in [6.45, 7) is 2.44. The van der Waals surface area contributed by atoms with Crippen LogP contribution in [0.25, 0.3) is 0 Å². The molecule has 0 fully saturated rings. The number of benzene rings is 1. The van der Waals surface area contributed by atoms with Crippen molar-refractivity contribution in [3.8, 4) is 5.75 Å². The van der Waals surface area contributed by atoms with Crippen LogP contribution in [0.5, 0.6) is 5.75 Å². The van der Waals surface area contributed by atoms with Gasteiger partial charge in [0.05, 0.1) is 12.2 Å². The average Bonchev–Trinajstić information content (AvgIpc) is 2.22. The summed E-state index contributed by atoms with van der Waals surface area (Å²) in [7, 11) is 0. The van der Waals surface area contributed by atoms with E-state index in [1.807, 2.05) is 6.92 Å². The predicted octanol–water partition coefficient (Wildman–Crippen LogP) is 3.11. The second-order valence-corrected chi connectivity index (χ2v) is 4.01. The van der Waals surface area contributed by atoms with E-state index in [2.05, 4.69) is 15.9 Å². The molecule has 4 heteroatoms. The van der Waals surface area contributed by atoms with Gasteiger partial charge in [-0.25, -0.2) is 4.79 Å². The van der Waals surface area contributed by atoms with Gasteiger partial charge in [0.2, 0.25) is 0 Å². The molecule has 0 atom stereocenters. The third kappa shape index (κ3) is 3.55. The molecule has 0 bridgehead atoms. The fraction of sp³-hybridized carbons (Fsp3) is 0.364. The third-order valence-electron chi connectivity index (χ3n) is 1.90. The molecular weight excluding hydrogens is 260 g/mol. The average molecular weight is 273 g/mol. The molecule has 82 valence electrons. The van der Waals surface area contributed by atoms with E-state index in [4.69, 9.17) is 4.74 Å². The van der Waals surface area contributed by atoms with Crippen LogP contribution in [-0.2, 0) is 4.74 Å². The normalized spacial score (nSPS) is 10.0. The van der Waals surface area contributed by atoms with E-state index in [-0.39, 0.29) is 5.75 Å². The van der Waals surface area contributed by atoms with Crippen molar-refractivity contribution in [2.45, 2.75) is 19.8 Å². The van der Waals surface area contributed by atoms with Gasteiger partial charge in [-0.05, 0) is 40.5 Å². The number of carbonyl (C=O) groups excluding carboxylic acids is 1. The first-order valence-corrected chi connectivity index (χ1v) is 5.60. The summed E-state index contributed by atoms with van der Waals surface area (Å²) < 4.78 is 5.65. The van der Waals surface area contributed by atoms with Crippen molar-refractivity contribution in [1.82, 2.24) is 0 Å². The molecule has 15 heavy (non-hydrogen) atoms. The zero-order chi connectivity index (χ0) is 11.3. The minimum Gasteiger partial charge on any atom is -0.508 e. The second kappa shape index (κ2) is 5.75. The molecule has 0 aliphatic carbocycles. The first-order chi connectivity index (χ1) is 7.15. The number of esters is 1. The van der Waals surface area contributed by atoms with Crippen LogP contribution in [0.1, 0.15) is 30.1 Å². The topological polar surface area (TPSA) is 46.5 Å². The molecule has 0 aliphatic rings. The largest absolute Gasteiger partial charge is 0.508 e. The van der Waals surface area contributed by atoms with Crippen molar-refractivity contribution in [2.75, 3.05) is 6.61 Å². The second-order valence-electron chi connectivity index (χ2n) is 3.15. The quantitative estimate of drug-likeness (QED) is 0.677. The van der Waals surface area contributed by atoms with Crippen molar-refractivity contribution in [2.24, 2.45) is 0 Å². The van der Waals surface area contributed by atoms with Gasteiger partial charge >= 0.3 is 5.97 Å². The highest BCUT2D eigenvalue weighted by Gasteiger charge is 2.11. The van der Waals surface area contributed by atoms with Crippen LogP contribution < -0.4 is 0 Å². The Hall–Kier alpha value is -1.03.